The summed E-state index contributed by atoms with van der Waals surface area (Å²) < 4.78 is 62.6. The molecule has 1 unspecified atom stereocenters. The van der Waals surface area contributed by atoms with Gasteiger partial charge in [-0.3, -0.25) is 4.40 Å². The van der Waals surface area contributed by atoms with E-state index in [-0.39, 0.29) is 33.7 Å². The third-order valence-corrected chi connectivity index (χ3v) is 4.85. The lowest BCUT2D eigenvalue weighted by molar-refractivity contribution is -0.274. The van der Waals surface area contributed by atoms with Crippen molar-refractivity contribution >= 4 is 39.1 Å². The van der Waals surface area contributed by atoms with Crippen molar-refractivity contribution in [2.45, 2.75) is 18.7 Å². The normalized spacial score (nSPS) is 12.8. The van der Waals surface area contributed by atoms with E-state index in [1.165, 1.54) is 28.8 Å². The van der Waals surface area contributed by atoms with Crippen molar-refractivity contribution in [2.24, 2.45) is 0 Å². The molecule has 0 aliphatic carbocycles. The third kappa shape index (κ3) is 4.48. The second kappa shape index (κ2) is 8.19. The number of hydrogen-bond acceptors (Lipinski definition) is 4. The van der Waals surface area contributed by atoms with Crippen LogP contribution >= 0.6 is 27.5 Å². The van der Waals surface area contributed by atoms with Gasteiger partial charge in [-0.2, -0.15) is 0 Å². The Kier molecular flexibility index (Phi) is 6.04. The number of alkyl halides is 4. The molecule has 0 spiro atoms. The lowest BCUT2D eigenvalue weighted by atomic mass is 10.1. The third-order valence-electron chi connectivity index (χ3n) is 3.83. The monoisotopic (exact) mass is 494 g/mol. The van der Waals surface area contributed by atoms with Gasteiger partial charge in [0.15, 0.2) is 5.69 Å². The Morgan fingerprint density at radius 1 is 1.34 bits per heavy atom. The summed E-state index contributed by atoms with van der Waals surface area (Å²) in [5.74, 6) is -2.02. The zero-order valence-corrected chi connectivity index (χ0v) is 17.0. The van der Waals surface area contributed by atoms with Crippen molar-refractivity contribution in [3.8, 4) is 5.75 Å². The SMILES string of the molecule is CCOC(=O)c1nc2cc(F)c(Br)cn2c1C(Cl)c1ccccc1OC(F)(F)F. The molecule has 3 rings (SSSR count). The number of hydrogen-bond donors (Lipinski definition) is 0. The van der Waals surface area contributed by atoms with Crippen molar-refractivity contribution in [3.63, 3.8) is 0 Å². The van der Waals surface area contributed by atoms with E-state index in [2.05, 4.69) is 25.7 Å². The van der Waals surface area contributed by atoms with Crippen molar-refractivity contribution in [2.75, 3.05) is 6.61 Å². The van der Waals surface area contributed by atoms with Gasteiger partial charge in [-0.1, -0.05) is 18.2 Å². The number of fused-ring (bicyclic) bond motifs is 1. The second-order valence-corrected chi connectivity index (χ2v) is 7.00. The Morgan fingerprint density at radius 3 is 2.69 bits per heavy atom. The molecule has 0 aliphatic heterocycles. The topological polar surface area (TPSA) is 52.8 Å². The zero-order chi connectivity index (χ0) is 21.3. The highest BCUT2D eigenvalue weighted by Gasteiger charge is 2.34. The van der Waals surface area contributed by atoms with E-state index in [1.807, 2.05) is 0 Å². The smallest absolute Gasteiger partial charge is 0.461 e. The van der Waals surface area contributed by atoms with Gasteiger partial charge in [0.2, 0.25) is 0 Å². The fourth-order valence-corrected chi connectivity index (χ4v) is 3.41. The molecule has 0 radical (unpaired) electrons. The van der Waals surface area contributed by atoms with Crippen LogP contribution in [-0.2, 0) is 4.74 Å². The number of carbonyl (C=O) groups excluding carboxylic acids is 1. The number of pyridine rings is 1. The molecule has 5 nitrogen and oxygen atoms in total. The van der Waals surface area contributed by atoms with Gasteiger partial charge in [-0.05, 0) is 28.9 Å². The van der Waals surface area contributed by atoms with Gasteiger partial charge in [0, 0.05) is 17.8 Å². The molecule has 2 aromatic heterocycles. The summed E-state index contributed by atoms with van der Waals surface area (Å²) in [6, 6.07) is 6.29. The van der Waals surface area contributed by atoms with Crippen LogP contribution in [0.2, 0.25) is 0 Å². The van der Waals surface area contributed by atoms with Crippen LogP contribution in [0.1, 0.15) is 34.0 Å². The summed E-state index contributed by atoms with van der Waals surface area (Å²) in [6.07, 6.45) is -3.67. The molecule has 29 heavy (non-hydrogen) atoms. The number of aromatic nitrogens is 2. The molecule has 11 heteroatoms. The molecular weight excluding hydrogens is 484 g/mol. The molecule has 154 valence electrons. The first-order valence-corrected chi connectivity index (χ1v) is 9.38. The van der Waals surface area contributed by atoms with Crippen LogP contribution in [0.3, 0.4) is 0 Å². The number of para-hydroxylation sites is 1. The van der Waals surface area contributed by atoms with Crippen molar-refractivity contribution in [3.05, 3.63) is 63.8 Å². The molecule has 2 heterocycles. The van der Waals surface area contributed by atoms with Crippen LogP contribution in [0.4, 0.5) is 17.6 Å². The van der Waals surface area contributed by atoms with E-state index in [9.17, 15) is 22.4 Å². The molecule has 3 aromatic rings. The summed E-state index contributed by atoms with van der Waals surface area (Å²) in [7, 11) is 0. The van der Waals surface area contributed by atoms with Gasteiger partial charge >= 0.3 is 12.3 Å². The summed E-state index contributed by atoms with van der Waals surface area (Å²) in [5.41, 5.74) is -0.256. The maximum Gasteiger partial charge on any atom is 0.573 e. The summed E-state index contributed by atoms with van der Waals surface area (Å²) in [4.78, 5) is 16.4. The molecule has 0 N–H and O–H groups in total. The highest BCUT2D eigenvalue weighted by atomic mass is 79.9. The molecule has 0 amide bonds. The van der Waals surface area contributed by atoms with E-state index >= 15 is 0 Å². The largest absolute Gasteiger partial charge is 0.573 e. The number of rotatable bonds is 5. The van der Waals surface area contributed by atoms with Gasteiger partial charge in [0.1, 0.15) is 22.6 Å². The van der Waals surface area contributed by atoms with E-state index < -0.39 is 29.3 Å². The Bertz CT molecular complexity index is 1070. The Morgan fingerprint density at radius 2 is 2.03 bits per heavy atom. The lowest BCUT2D eigenvalue weighted by Crippen LogP contribution is -2.19. The first-order chi connectivity index (χ1) is 13.6. The van der Waals surface area contributed by atoms with Crippen LogP contribution in [-0.4, -0.2) is 28.3 Å². The molecule has 0 saturated heterocycles. The Balaban J connectivity index is 2.22. The molecular formula is C18H12BrClF4N2O3. The van der Waals surface area contributed by atoms with E-state index in [0.717, 1.165) is 12.1 Å². The van der Waals surface area contributed by atoms with E-state index in [1.54, 1.807) is 6.92 Å². The predicted octanol–water partition coefficient (Wildman–Crippen LogP) is 5.64. The number of imidazole rings is 1. The number of nitrogens with zero attached hydrogens (tertiary/aromatic N) is 2. The van der Waals surface area contributed by atoms with Gasteiger partial charge in [-0.15, -0.1) is 24.8 Å². The predicted molar refractivity (Wildman–Crippen MR) is 99.6 cm³/mol. The minimum absolute atomic E-state index is 0.0130. The van der Waals surface area contributed by atoms with Crippen molar-refractivity contribution in [1.82, 2.24) is 9.38 Å². The Hall–Kier alpha value is -2.33. The van der Waals surface area contributed by atoms with Crippen LogP contribution in [0.25, 0.3) is 5.65 Å². The molecule has 0 saturated carbocycles. The molecule has 0 aliphatic rings. The van der Waals surface area contributed by atoms with Gasteiger partial charge in [-0.25, -0.2) is 14.2 Å². The first-order valence-electron chi connectivity index (χ1n) is 8.15. The average molecular weight is 496 g/mol. The minimum atomic E-state index is -4.94. The molecule has 0 fully saturated rings. The van der Waals surface area contributed by atoms with Crippen molar-refractivity contribution < 1.29 is 31.8 Å². The van der Waals surface area contributed by atoms with Crippen LogP contribution in [0.5, 0.6) is 5.75 Å². The van der Waals surface area contributed by atoms with Crippen LogP contribution in [0, 0.1) is 5.82 Å². The van der Waals surface area contributed by atoms with E-state index in [0.29, 0.717) is 0 Å². The van der Waals surface area contributed by atoms with Gasteiger partial charge in [0.05, 0.1) is 16.8 Å². The lowest BCUT2D eigenvalue weighted by Gasteiger charge is -2.17. The molecule has 0 bridgehead atoms. The average Bonchev–Trinajstić information content (AvgIpc) is 2.99. The fraction of sp³-hybridized carbons (Fsp3) is 0.222. The van der Waals surface area contributed by atoms with Crippen LogP contribution in [0.15, 0.2) is 41.0 Å². The summed E-state index contributed by atoms with van der Waals surface area (Å²) >= 11 is 9.53. The highest BCUT2D eigenvalue weighted by molar-refractivity contribution is 9.10. The number of ether oxygens (including phenoxy) is 2. The standard InChI is InChI=1S/C18H12BrClF4N2O3/c1-2-28-17(27)15-16(26-8-10(19)11(21)7-13(26)25-15)14(20)9-5-3-4-6-12(9)29-18(22,23)24/h3-8,14H,2H2,1H3. The maximum absolute atomic E-state index is 13.9. The van der Waals surface area contributed by atoms with Crippen LogP contribution < -0.4 is 4.74 Å². The summed E-state index contributed by atoms with van der Waals surface area (Å²) in [5, 5.41) is -1.29. The number of benzene rings is 1. The van der Waals surface area contributed by atoms with Gasteiger partial charge in [0.25, 0.3) is 0 Å². The number of esters is 1. The Labute approximate surface area is 175 Å². The van der Waals surface area contributed by atoms with Gasteiger partial charge < -0.3 is 9.47 Å². The molecule has 1 atom stereocenters. The fourth-order valence-electron chi connectivity index (χ4n) is 2.70. The molecule has 1 aromatic carbocycles. The maximum atomic E-state index is 13.9. The van der Waals surface area contributed by atoms with Crippen molar-refractivity contribution in [1.29, 1.82) is 0 Å². The zero-order valence-electron chi connectivity index (χ0n) is 14.6. The number of halogens is 6. The highest BCUT2D eigenvalue weighted by Crippen LogP contribution is 2.39. The summed E-state index contributed by atoms with van der Waals surface area (Å²) in [6.45, 7) is 1.61. The quantitative estimate of drug-likeness (QED) is 0.261. The first kappa shape index (κ1) is 21.4. The van der Waals surface area contributed by atoms with E-state index in [4.69, 9.17) is 16.3 Å². The number of carbonyl (C=O) groups is 1. The second-order valence-electron chi connectivity index (χ2n) is 5.71. The minimum Gasteiger partial charge on any atom is -0.461 e.